The Morgan fingerprint density at radius 2 is 2.35 bits per heavy atom. The van der Waals surface area contributed by atoms with Crippen LogP contribution in [0.25, 0.3) is 0 Å². The molecule has 1 aliphatic heterocycles. The third-order valence-electron chi connectivity index (χ3n) is 3.34. The molecule has 17 heavy (non-hydrogen) atoms. The minimum Gasteiger partial charge on any atom is -0.490 e. The lowest BCUT2D eigenvalue weighted by atomic mass is 10.1. The van der Waals surface area contributed by atoms with Gasteiger partial charge in [-0.25, -0.2) is 4.39 Å². The number of hydrogen-bond donors (Lipinski definition) is 1. The lowest BCUT2D eigenvalue weighted by Crippen LogP contribution is -2.26. The molecule has 0 saturated carbocycles. The van der Waals surface area contributed by atoms with Gasteiger partial charge < -0.3 is 15.4 Å². The maximum atomic E-state index is 13.4. The second-order valence-corrected chi connectivity index (χ2v) is 4.60. The third kappa shape index (κ3) is 3.09. The maximum absolute atomic E-state index is 13.4. The summed E-state index contributed by atoms with van der Waals surface area (Å²) >= 11 is 0. The molecule has 1 atom stereocenters. The quantitative estimate of drug-likeness (QED) is 0.818. The number of benzene rings is 1. The van der Waals surface area contributed by atoms with Crippen molar-refractivity contribution in [1.82, 2.24) is 4.90 Å². The van der Waals surface area contributed by atoms with Crippen molar-refractivity contribution in [2.45, 2.75) is 25.3 Å². The van der Waals surface area contributed by atoms with Crippen molar-refractivity contribution >= 4 is 5.69 Å². The Morgan fingerprint density at radius 3 is 3.00 bits per heavy atom. The van der Waals surface area contributed by atoms with Gasteiger partial charge in [-0.05, 0) is 45.0 Å². The Bertz CT molecular complexity index is 384. The molecular formula is C13H19FN2O. The number of hydrogen-bond acceptors (Lipinski definition) is 3. The molecule has 1 fully saturated rings. The Balaban J connectivity index is 1.81. The average Bonchev–Trinajstić information content (AvgIpc) is 2.68. The number of halogens is 1. The van der Waals surface area contributed by atoms with Crippen LogP contribution in [0.3, 0.4) is 0 Å². The van der Waals surface area contributed by atoms with Crippen LogP contribution in [-0.2, 0) is 0 Å². The van der Waals surface area contributed by atoms with Gasteiger partial charge >= 0.3 is 0 Å². The summed E-state index contributed by atoms with van der Waals surface area (Å²) < 4.78 is 18.9. The molecule has 0 aromatic heterocycles. The molecule has 1 saturated heterocycles. The fraction of sp³-hybridized carbons (Fsp3) is 0.538. The van der Waals surface area contributed by atoms with Gasteiger partial charge in [-0.3, -0.25) is 0 Å². The van der Waals surface area contributed by atoms with Gasteiger partial charge in [0.05, 0.1) is 6.61 Å². The molecule has 94 valence electrons. The number of likely N-dealkylation sites (tertiary alicyclic amines) is 1. The average molecular weight is 238 g/mol. The Morgan fingerprint density at radius 1 is 1.53 bits per heavy atom. The van der Waals surface area contributed by atoms with Crippen molar-refractivity contribution in [3.05, 3.63) is 24.0 Å². The molecule has 0 bridgehead atoms. The largest absolute Gasteiger partial charge is 0.490 e. The van der Waals surface area contributed by atoms with Gasteiger partial charge in [0.1, 0.15) is 0 Å². The smallest absolute Gasteiger partial charge is 0.167 e. The molecule has 0 radical (unpaired) electrons. The van der Waals surface area contributed by atoms with Crippen LogP contribution in [0, 0.1) is 5.82 Å². The zero-order chi connectivity index (χ0) is 12.3. The van der Waals surface area contributed by atoms with Crippen molar-refractivity contribution in [1.29, 1.82) is 0 Å². The zero-order valence-corrected chi connectivity index (χ0v) is 10.2. The highest BCUT2D eigenvalue weighted by molar-refractivity contribution is 5.42. The molecule has 0 spiro atoms. The highest BCUT2D eigenvalue weighted by atomic mass is 19.1. The van der Waals surface area contributed by atoms with Crippen LogP contribution >= 0.6 is 0 Å². The zero-order valence-electron chi connectivity index (χ0n) is 10.2. The van der Waals surface area contributed by atoms with Gasteiger partial charge in [0, 0.05) is 17.8 Å². The molecular weight excluding hydrogens is 219 g/mol. The number of nitrogen functional groups attached to an aromatic ring is 1. The van der Waals surface area contributed by atoms with Crippen LogP contribution in [0.4, 0.5) is 10.1 Å². The van der Waals surface area contributed by atoms with E-state index in [0.29, 0.717) is 24.1 Å². The summed E-state index contributed by atoms with van der Waals surface area (Å²) in [6, 6.07) is 5.10. The van der Waals surface area contributed by atoms with Crippen LogP contribution in [0.15, 0.2) is 18.2 Å². The van der Waals surface area contributed by atoms with E-state index in [9.17, 15) is 4.39 Å². The second-order valence-electron chi connectivity index (χ2n) is 4.60. The summed E-state index contributed by atoms with van der Waals surface area (Å²) in [4.78, 5) is 2.34. The van der Waals surface area contributed by atoms with Crippen molar-refractivity contribution < 1.29 is 9.13 Å². The monoisotopic (exact) mass is 238 g/mol. The van der Waals surface area contributed by atoms with E-state index in [4.69, 9.17) is 10.5 Å². The van der Waals surface area contributed by atoms with E-state index in [0.717, 1.165) is 13.0 Å². The minimum atomic E-state index is -0.384. The number of nitrogens with two attached hydrogens (primary N) is 1. The third-order valence-corrected chi connectivity index (χ3v) is 3.34. The molecule has 3 nitrogen and oxygen atoms in total. The Kier molecular flexibility index (Phi) is 3.84. The Hall–Kier alpha value is -1.29. The van der Waals surface area contributed by atoms with E-state index in [-0.39, 0.29) is 5.82 Å². The van der Waals surface area contributed by atoms with E-state index in [1.165, 1.54) is 18.9 Å². The van der Waals surface area contributed by atoms with Crippen LogP contribution < -0.4 is 10.5 Å². The highest BCUT2D eigenvalue weighted by Gasteiger charge is 2.20. The summed E-state index contributed by atoms with van der Waals surface area (Å²) in [5, 5.41) is 0. The van der Waals surface area contributed by atoms with Gasteiger partial charge in [0.25, 0.3) is 0 Å². The van der Waals surface area contributed by atoms with Crippen molar-refractivity contribution in [2.75, 3.05) is 25.9 Å². The van der Waals surface area contributed by atoms with E-state index in [1.54, 1.807) is 12.1 Å². The predicted octanol–water partition coefficient (Wildman–Crippen LogP) is 2.27. The summed E-state index contributed by atoms with van der Waals surface area (Å²) in [6.07, 6.45) is 3.40. The van der Waals surface area contributed by atoms with Gasteiger partial charge in [-0.1, -0.05) is 0 Å². The molecule has 1 aromatic carbocycles. The molecule has 2 rings (SSSR count). The minimum absolute atomic E-state index is 0.292. The number of ether oxygens (including phenoxy) is 1. The van der Waals surface area contributed by atoms with Crippen LogP contribution in [0.2, 0.25) is 0 Å². The van der Waals surface area contributed by atoms with Crippen LogP contribution in [0.1, 0.15) is 19.3 Å². The molecule has 4 heteroatoms. The molecule has 1 aliphatic rings. The fourth-order valence-electron chi connectivity index (χ4n) is 2.28. The standard InChI is InChI=1S/C13H19FN2O/c1-16-7-2-3-11(16)6-8-17-13-5-4-10(15)9-12(13)14/h4-5,9,11H,2-3,6-8,15H2,1H3. The fourth-order valence-corrected chi connectivity index (χ4v) is 2.28. The number of nitrogens with zero attached hydrogens (tertiary/aromatic N) is 1. The maximum Gasteiger partial charge on any atom is 0.167 e. The van der Waals surface area contributed by atoms with Crippen LogP contribution in [0.5, 0.6) is 5.75 Å². The second kappa shape index (κ2) is 5.36. The molecule has 1 aromatic rings. The molecule has 0 amide bonds. The normalized spacial score (nSPS) is 20.7. The number of rotatable bonds is 4. The first-order valence-electron chi connectivity index (χ1n) is 6.05. The summed E-state index contributed by atoms with van der Waals surface area (Å²) in [5.41, 5.74) is 5.89. The van der Waals surface area contributed by atoms with Gasteiger partial charge in [-0.15, -0.1) is 0 Å². The first-order chi connectivity index (χ1) is 8.16. The summed E-state index contributed by atoms with van der Waals surface area (Å²) in [6.45, 7) is 1.71. The molecule has 2 N–H and O–H groups in total. The van der Waals surface area contributed by atoms with Gasteiger partial charge in [-0.2, -0.15) is 0 Å². The lowest BCUT2D eigenvalue weighted by molar-refractivity contribution is 0.228. The highest BCUT2D eigenvalue weighted by Crippen LogP contribution is 2.21. The first-order valence-corrected chi connectivity index (χ1v) is 6.05. The first kappa shape index (κ1) is 12.2. The SMILES string of the molecule is CN1CCCC1CCOc1ccc(N)cc1F. The molecule has 1 unspecified atom stereocenters. The van der Waals surface area contributed by atoms with E-state index >= 15 is 0 Å². The van der Waals surface area contributed by atoms with Crippen molar-refractivity contribution in [2.24, 2.45) is 0 Å². The summed E-state index contributed by atoms with van der Waals surface area (Å²) in [5.74, 6) is -0.0929. The van der Waals surface area contributed by atoms with Crippen molar-refractivity contribution in [3.63, 3.8) is 0 Å². The topological polar surface area (TPSA) is 38.5 Å². The van der Waals surface area contributed by atoms with E-state index in [1.807, 2.05) is 0 Å². The summed E-state index contributed by atoms with van der Waals surface area (Å²) in [7, 11) is 2.13. The molecule has 1 heterocycles. The van der Waals surface area contributed by atoms with E-state index < -0.39 is 0 Å². The van der Waals surface area contributed by atoms with Gasteiger partial charge in [0.2, 0.25) is 0 Å². The van der Waals surface area contributed by atoms with E-state index in [2.05, 4.69) is 11.9 Å². The Labute approximate surface area is 101 Å². The van der Waals surface area contributed by atoms with Crippen molar-refractivity contribution in [3.8, 4) is 5.75 Å². The predicted molar refractivity (Wildman–Crippen MR) is 66.6 cm³/mol. The number of anilines is 1. The van der Waals surface area contributed by atoms with Crippen LogP contribution in [-0.4, -0.2) is 31.1 Å². The lowest BCUT2D eigenvalue weighted by Gasteiger charge is -2.19. The molecule has 0 aliphatic carbocycles. The van der Waals surface area contributed by atoms with Gasteiger partial charge in [0.15, 0.2) is 11.6 Å².